The van der Waals surface area contributed by atoms with Gasteiger partial charge in [-0.15, -0.1) is 6.58 Å². The van der Waals surface area contributed by atoms with Gasteiger partial charge in [0.2, 0.25) is 10.0 Å². The standard InChI is InChI=1S/C27H22ClNO4S/c1-3-19-16-29(34(32,33)21-13-11-17(2)12-14-21)24(18-7-6-8-20(28)15-18)27(19)25(30)22-9-4-5-10-23(22)26(27)31/h3-15,19,24H,1,16H2,2H3/t19-,24+/m1/s1. The molecular formula is C27H22ClNO4S. The van der Waals surface area contributed by atoms with E-state index in [0.29, 0.717) is 21.7 Å². The molecule has 0 aromatic heterocycles. The summed E-state index contributed by atoms with van der Waals surface area (Å²) >= 11 is 6.29. The highest BCUT2D eigenvalue weighted by molar-refractivity contribution is 7.89. The lowest BCUT2D eigenvalue weighted by Gasteiger charge is -2.34. The SMILES string of the molecule is C=C[C@@H]1CN(S(=O)(=O)c2ccc(C)cc2)[C@@H](c2cccc(Cl)c2)C12C(=O)c1ccccc1C2=O. The van der Waals surface area contributed by atoms with Gasteiger partial charge in [0, 0.05) is 28.6 Å². The molecule has 1 spiro atoms. The first-order chi connectivity index (χ1) is 16.2. The third-order valence-electron chi connectivity index (χ3n) is 6.93. The highest BCUT2D eigenvalue weighted by Gasteiger charge is 2.68. The summed E-state index contributed by atoms with van der Waals surface area (Å²) in [7, 11) is -4.07. The molecule has 1 aliphatic heterocycles. The predicted octanol–water partition coefficient (Wildman–Crippen LogP) is 5.26. The van der Waals surface area contributed by atoms with E-state index in [0.717, 1.165) is 5.56 Å². The van der Waals surface area contributed by atoms with Crippen molar-refractivity contribution in [1.29, 1.82) is 0 Å². The number of benzene rings is 3. The van der Waals surface area contributed by atoms with Gasteiger partial charge in [-0.1, -0.05) is 71.8 Å². The number of sulfonamides is 1. The summed E-state index contributed by atoms with van der Waals surface area (Å²) in [6.07, 6.45) is 1.53. The molecule has 3 aromatic carbocycles. The van der Waals surface area contributed by atoms with Crippen LogP contribution in [0.25, 0.3) is 0 Å². The van der Waals surface area contributed by atoms with Crippen LogP contribution in [-0.2, 0) is 10.0 Å². The lowest BCUT2D eigenvalue weighted by Crippen LogP contribution is -2.44. The van der Waals surface area contributed by atoms with Crippen molar-refractivity contribution in [3.05, 3.63) is 113 Å². The van der Waals surface area contributed by atoms with E-state index in [2.05, 4.69) is 6.58 Å². The van der Waals surface area contributed by atoms with Crippen LogP contribution in [0.4, 0.5) is 0 Å². The second-order valence-electron chi connectivity index (χ2n) is 8.76. The van der Waals surface area contributed by atoms with Gasteiger partial charge in [-0.3, -0.25) is 9.59 Å². The summed E-state index contributed by atoms with van der Waals surface area (Å²) in [6.45, 7) is 5.71. The van der Waals surface area contributed by atoms with E-state index < -0.39 is 27.4 Å². The second kappa shape index (κ2) is 8.01. The maximum absolute atomic E-state index is 14.0. The van der Waals surface area contributed by atoms with E-state index in [4.69, 9.17) is 11.6 Å². The minimum atomic E-state index is -4.07. The molecule has 0 radical (unpaired) electrons. The molecule has 34 heavy (non-hydrogen) atoms. The number of hydrogen-bond donors (Lipinski definition) is 0. The maximum atomic E-state index is 14.0. The summed E-state index contributed by atoms with van der Waals surface area (Å²) in [6, 6.07) is 18.8. The Hall–Kier alpha value is -3.06. The van der Waals surface area contributed by atoms with E-state index in [1.807, 2.05) is 6.92 Å². The summed E-state index contributed by atoms with van der Waals surface area (Å²) < 4.78 is 29.2. The Kier molecular flexibility index (Phi) is 5.35. The number of Topliss-reactive ketones (excluding diaryl/α,β-unsaturated/α-hetero) is 2. The average molecular weight is 492 g/mol. The quantitative estimate of drug-likeness (QED) is 0.368. The molecule has 1 saturated heterocycles. The van der Waals surface area contributed by atoms with Crippen LogP contribution in [0.1, 0.15) is 37.9 Å². The Labute approximate surface area is 203 Å². The Morgan fingerprint density at radius 3 is 2.15 bits per heavy atom. The van der Waals surface area contributed by atoms with Crippen LogP contribution in [0.2, 0.25) is 5.02 Å². The highest BCUT2D eigenvalue weighted by Crippen LogP contribution is 2.59. The fourth-order valence-electron chi connectivity index (χ4n) is 5.33. The number of fused-ring (bicyclic) bond motifs is 1. The van der Waals surface area contributed by atoms with Crippen molar-refractivity contribution >= 4 is 33.2 Å². The summed E-state index contributed by atoms with van der Waals surface area (Å²) in [4.78, 5) is 28.1. The monoisotopic (exact) mass is 491 g/mol. The zero-order valence-corrected chi connectivity index (χ0v) is 20.0. The normalized spacial score (nSPS) is 21.7. The number of aryl methyl sites for hydroxylation is 1. The number of carbonyl (C=O) groups excluding carboxylic acids is 2. The van der Waals surface area contributed by atoms with Crippen LogP contribution in [0, 0.1) is 18.3 Å². The Balaban J connectivity index is 1.78. The van der Waals surface area contributed by atoms with Crippen LogP contribution in [0.15, 0.2) is 90.3 Å². The number of ketones is 2. The zero-order valence-electron chi connectivity index (χ0n) is 18.4. The number of hydrogen-bond acceptors (Lipinski definition) is 4. The van der Waals surface area contributed by atoms with Crippen molar-refractivity contribution < 1.29 is 18.0 Å². The first-order valence-electron chi connectivity index (χ1n) is 10.9. The van der Waals surface area contributed by atoms with Crippen LogP contribution < -0.4 is 0 Å². The number of nitrogens with zero attached hydrogens (tertiary/aromatic N) is 1. The molecule has 0 unspecified atom stereocenters. The number of rotatable bonds is 4. The molecular weight excluding hydrogens is 470 g/mol. The molecule has 0 amide bonds. The van der Waals surface area contributed by atoms with E-state index in [-0.39, 0.29) is 23.0 Å². The molecule has 3 aromatic rings. The van der Waals surface area contributed by atoms with Gasteiger partial charge in [0.25, 0.3) is 0 Å². The van der Waals surface area contributed by atoms with E-state index in [9.17, 15) is 18.0 Å². The van der Waals surface area contributed by atoms with Gasteiger partial charge < -0.3 is 0 Å². The molecule has 5 nitrogen and oxygen atoms in total. The molecule has 5 rings (SSSR count). The van der Waals surface area contributed by atoms with Gasteiger partial charge >= 0.3 is 0 Å². The smallest absolute Gasteiger partial charge is 0.243 e. The van der Waals surface area contributed by atoms with E-state index in [1.165, 1.54) is 10.4 Å². The fourth-order valence-corrected chi connectivity index (χ4v) is 7.21. The van der Waals surface area contributed by atoms with Crippen LogP contribution in [0.5, 0.6) is 0 Å². The average Bonchev–Trinajstić information content (AvgIpc) is 3.30. The molecule has 0 saturated carbocycles. The molecule has 2 atom stereocenters. The topological polar surface area (TPSA) is 71.5 Å². The third-order valence-corrected chi connectivity index (χ3v) is 9.01. The number of halogens is 1. The van der Waals surface area contributed by atoms with Gasteiger partial charge in [0.15, 0.2) is 11.6 Å². The minimum Gasteiger partial charge on any atom is -0.293 e. The number of carbonyl (C=O) groups is 2. The first kappa shape index (κ1) is 22.7. The van der Waals surface area contributed by atoms with Gasteiger partial charge in [-0.25, -0.2) is 8.42 Å². The second-order valence-corrected chi connectivity index (χ2v) is 11.1. The minimum absolute atomic E-state index is 0.0532. The van der Waals surface area contributed by atoms with Crippen molar-refractivity contribution in [2.24, 2.45) is 11.3 Å². The molecule has 0 N–H and O–H groups in total. The molecule has 1 aliphatic carbocycles. The predicted molar refractivity (Wildman–Crippen MR) is 130 cm³/mol. The van der Waals surface area contributed by atoms with Crippen molar-refractivity contribution in [3.8, 4) is 0 Å². The van der Waals surface area contributed by atoms with Crippen LogP contribution in [-0.4, -0.2) is 30.8 Å². The van der Waals surface area contributed by atoms with Crippen molar-refractivity contribution in [2.45, 2.75) is 17.9 Å². The summed E-state index contributed by atoms with van der Waals surface area (Å²) in [5, 5.41) is 0.387. The Morgan fingerprint density at radius 2 is 1.59 bits per heavy atom. The van der Waals surface area contributed by atoms with Crippen molar-refractivity contribution in [1.82, 2.24) is 4.31 Å². The molecule has 2 aliphatic rings. The van der Waals surface area contributed by atoms with Crippen molar-refractivity contribution in [2.75, 3.05) is 6.54 Å². The molecule has 0 bridgehead atoms. The van der Waals surface area contributed by atoms with E-state index >= 15 is 0 Å². The molecule has 1 fully saturated rings. The van der Waals surface area contributed by atoms with Gasteiger partial charge in [-0.2, -0.15) is 4.31 Å². The molecule has 7 heteroatoms. The maximum Gasteiger partial charge on any atom is 0.243 e. The first-order valence-corrected chi connectivity index (χ1v) is 12.7. The third kappa shape index (κ3) is 3.06. The Bertz CT molecular complexity index is 1410. The van der Waals surface area contributed by atoms with Gasteiger partial charge in [-0.05, 0) is 36.8 Å². The van der Waals surface area contributed by atoms with Crippen LogP contribution >= 0.6 is 11.6 Å². The van der Waals surface area contributed by atoms with Crippen molar-refractivity contribution in [3.63, 3.8) is 0 Å². The van der Waals surface area contributed by atoms with Crippen LogP contribution in [0.3, 0.4) is 0 Å². The van der Waals surface area contributed by atoms with E-state index in [1.54, 1.807) is 72.8 Å². The Morgan fingerprint density at radius 1 is 0.971 bits per heavy atom. The summed E-state index contributed by atoms with van der Waals surface area (Å²) in [5.74, 6) is -1.49. The highest BCUT2D eigenvalue weighted by atomic mass is 35.5. The fraction of sp³-hybridized carbons (Fsp3) is 0.185. The zero-order chi connectivity index (χ0) is 24.3. The van der Waals surface area contributed by atoms with Gasteiger partial charge in [0.05, 0.1) is 10.9 Å². The molecule has 1 heterocycles. The summed E-state index contributed by atoms with van der Waals surface area (Å²) in [5.41, 5.74) is 0.362. The lowest BCUT2D eigenvalue weighted by molar-refractivity contribution is 0.0611. The molecule has 172 valence electrons. The lowest BCUT2D eigenvalue weighted by atomic mass is 9.67. The largest absolute Gasteiger partial charge is 0.293 e. The van der Waals surface area contributed by atoms with Gasteiger partial charge in [0.1, 0.15) is 5.41 Å².